The lowest BCUT2D eigenvalue weighted by Crippen LogP contribution is -2.13. The summed E-state index contributed by atoms with van der Waals surface area (Å²) in [4.78, 5) is 11.8. The van der Waals surface area contributed by atoms with E-state index < -0.39 is 0 Å². The van der Waals surface area contributed by atoms with Gasteiger partial charge >= 0.3 is 0 Å². The molecule has 21 heavy (non-hydrogen) atoms. The third-order valence-corrected chi connectivity index (χ3v) is 2.99. The molecular weight excluding hydrogens is 264 g/mol. The maximum atomic E-state index is 11.8. The summed E-state index contributed by atoms with van der Waals surface area (Å²) in [5, 5.41) is 2.86. The van der Waals surface area contributed by atoms with E-state index in [1.165, 1.54) is 0 Å². The van der Waals surface area contributed by atoms with E-state index in [1.54, 1.807) is 0 Å². The first-order valence-electron chi connectivity index (χ1n) is 7.02. The third-order valence-electron chi connectivity index (χ3n) is 2.99. The Balaban J connectivity index is 2.11. The zero-order chi connectivity index (χ0) is 15.1. The number of anilines is 1. The van der Waals surface area contributed by atoms with Gasteiger partial charge in [-0.25, -0.2) is 0 Å². The van der Waals surface area contributed by atoms with Crippen LogP contribution in [0.2, 0.25) is 0 Å². The van der Waals surface area contributed by atoms with Gasteiger partial charge in [0.25, 0.3) is 0 Å². The van der Waals surface area contributed by atoms with Crippen molar-refractivity contribution < 1.29 is 9.53 Å². The topological polar surface area (TPSA) is 64.3 Å². The molecule has 0 atom stereocenters. The van der Waals surface area contributed by atoms with Gasteiger partial charge in [-0.1, -0.05) is 24.3 Å². The minimum Gasteiger partial charge on any atom is -0.455 e. The molecule has 0 unspecified atom stereocenters. The summed E-state index contributed by atoms with van der Waals surface area (Å²) in [6, 6.07) is 15.2. The normalized spacial score (nSPS) is 10.2. The highest BCUT2D eigenvalue weighted by Gasteiger charge is 2.08. The molecule has 2 rings (SSSR count). The van der Waals surface area contributed by atoms with Crippen molar-refractivity contribution in [1.82, 2.24) is 0 Å². The Morgan fingerprint density at radius 1 is 1.19 bits per heavy atom. The van der Waals surface area contributed by atoms with Gasteiger partial charge < -0.3 is 15.8 Å². The molecule has 4 heteroatoms. The van der Waals surface area contributed by atoms with Gasteiger partial charge in [-0.15, -0.1) is 0 Å². The molecule has 0 saturated carbocycles. The number of benzene rings is 2. The molecule has 3 N–H and O–H groups in total. The van der Waals surface area contributed by atoms with E-state index in [9.17, 15) is 4.79 Å². The smallest absolute Gasteiger partial charge is 0.224 e. The van der Waals surface area contributed by atoms with Crippen LogP contribution in [0.5, 0.6) is 11.5 Å². The van der Waals surface area contributed by atoms with Crippen LogP contribution in [0.4, 0.5) is 5.69 Å². The molecule has 0 fully saturated rings. The van der Waals surface area contributed by atoms with Gasteiger partial charge in [-0.3, -0.25) is 4.79 Å². The number of nitrogens with two attached hydrogens (primary N) is 1. The van der Waals surface area contributed by atoms with Crippen molar-refractivity contribution in [2.45, 2.75) is 19.8 Å². The number of ether oxygens (including phenoxy) is 1. The average molecular weight is 284 g/mol. The number of carbonyl (C=O) groups is 1. The summed E-state index contributed by atoms with van der Waals surface area (Å²) in [7, 11) is 0. The highest BCUT2D eigenvalue weighted by Crippen LogP contribution is 2.29. The van der Waals surface area contributed by atoms with Crippen LogP contribution in [0, 0.1) is 6.92 Å². The van der Waals surface area contributed by atoms with E-state index in [0.717, 1.165) is 11.3 Å². The number of carbonyl (C=O) groups excluding carboxylic acids is 1. The molecule has 2 aromatic carbocycles. The summed E-state index contributed by atoms with van der Waals surface area (Å²) in [6.07, 6.45) is 1.09. The molecule has 2 aromatic rings. The molecule has 0 saturated heterocycles. The van der Waals surface area contributed by atoms with Gasteiger partial charge in [0, 0.05) is 6.42 Å². The van der Waals surface area contributed by atoms with Crippen molar-refractivity contribution in [3.8, 4) is 11.5 Å². The van der Waals surface area contributed by atoms with Gasteiger partial charge in [0.15, 0.2) is 5.75 Å². The van der Waals surface area contributed by atoms with Gasteiger partial charge in [-0.05, 0) is 49.7 Å². The molecule has 110 valence electrons. The SMILES string of the molecule is Cc1cccc(Oc2ccccc2NC(=O)CCCN)c1. The van der Waals surface area contributed by atoms with Gasteiger partial charge in [0.2, 0.25) is 5.91 Å². The Morgan fingerprint density at radius 2 is 2.00 bits per heavy atom. The van der Waals surface area contributed by atoms with Crippen LogP contribution in [0.1, 0.15) is 18.4 Å². The molecule has 0 radical (unpaired) electrons. The van der Waals surface area contributed by atoms with E-state index in [-0.39, 0.29) is 5.91 Å². The molecular formula is C17H20N2O2. The van der Waals surface area contributed by atoms with Crippen molar-refractivity contribution in [3.05, 3.63) is 54.1 Å². The molecule has 0 spiro atoms. The number of aryl methyl sites for hydroxylation is 1. The Labute approximate surface area is 124 Å². The number of para-hydroxylation sites is 2. The van der Waals surface area contributed by atoms with E-state index in [1.807, 2.05) is 55.5 Å². The van der Waals surface area contributed by atoms with Crippen LogP contribution < -0.4 is 15.8 Å². The molecule has 4 nitrogen and oxygen atoms in total. The van der Waals surface area contributed by atoms with Crippen molar-refractivity contribution in [3.63, 3.8) is 0 Å². The average Bonchev–Trinajstić information content (AvgIpc) is 2.47. The Kier molecular flexibility index (Phi) is 5.35. The van der Waals surface area contributed by atoms with Crippen LogP contribution in [-0.2, 0) is 4.79 Å². The maximum Gasteiger partial charge on any atom is 0.224 e. The summed E-state index contributed by atoms with van der Waals surface area (Å²) in [6.45, 7) is 2.52. The fourth-order valence-corrected chi connectivity index (χ4v) is 1.94. The first-order valence-corrected chi connectivity index (χ1v) is 7.02. The number of nitrogens with one attached hydrogen (secondary N) is 1. The predicted octanol–water partition coefficient (Wildman–Crippen LogP) is 3.46. The van der Waals surface area contributed by atoms with E-state index in [2.05, 4.69) is 5.32 Å². The Bertz CT molecular complexity index is 611. The minimum atomic E-state index is -0.0549. The highest BCUT2D eigenvalue weighted by atomic mass is 16.5. The van der Waals surface area contributed by atoms with Crippen LogP contribution in [0.25, 0.3) is 0 Å². The zero-order valence-corrected chi connectivity index (χ0v) is 12.1. The predicted molar refractivity (Wildman–Crippen MR) is 84.6 cm³/mol. The van der Waals surface area contributed by atoms with Crippen LogP contribution in [0.3, 0.4) is 0 Å². The molecule has 0 heterocycles. The second-order valence-electron chi connectivity index (χ2n) is 4.86. The summed E-state index contributed by atoms with van der Waals surface area (Å²) < 4.78 is 5.86. The number of hydrogen-bond acceptors (Lipinski definition) is 3. The Morgan fingerprint density at radius 3 is 2.76 bits per heavy atom. The lowest BCUT2D eigenvalue weighted by atomic mass is 10.2. The number of hydrogen-bond donors (Lipinski definition) is 2. The number of amides is 1. The molecule has 0 aromatic heterocycles. The zero-order valence-electron chi connectivity index (χ0n) is 12.1. The standard InChI is InChI=1S/C17H20N2O2/c1-13-6-4-7-14(12-13)21-16-9-3-2-8-15(16)19-17(20)10-5-11-18/h2-4,6-9,12H,5,10-11,18H2,1H3,(H,19,20). The molecule has 1 amide bonds. The molecule has 0 bridgehead atoms. The lowest BCUT2D eigenvalue weighted by Gasteiger charge is -2.12. The quantitative estimate of drug-likeness (QED) is 0.853. The summed E-state index contributed by atoms with van der Waals surface area (Å²) in [5.74, 6) is 1.32. The lowest BCUT2D eigenvalue weighted by molar-refractivity contribution is -0.116. The van der Waals surface area contributed by atoms with Crippen molar-refractivity contribution in [2.24, 2.45) is 5.73 Å². The highest BCUT2D eigenvalue weighted by molar-refractivity contribution is 5.92. The fraction of sp³-hybridized carbons (Fsp3) is 0.235. The van der Waals surface area contributed by atoms with Gasteiger partial charge in [0.1, 0.15) is 5.75 Å². The molecule has 0 aliphatic rings. The third kappa shape index (κ3) is 4.61. The Hall–Kier alpha value is -2.33. The molecule has 0 aliphatic heterocycles. The van der Waals surface area contributed by atoms with Gasteiger partial charge in [0.05, 0.1) is 5.69 Å². The summed E-state index contributed by atoms with van der Waals surface area (Å²) in [5.41, 5.74) is 7.20. The fourth-order valence-electron chi connectivity index (χ4n) is 1.94. The van der Waals surface area contributed by atoms with E-state index >= 15 is 0 Å². The van der Waals surface area contributed by atoms with Crippen molar-refractivity contribution >= 4 is 11.6 Å². The van der Waals surface area contributed by atoms with Crippen LogP contribution in [-0.4, -0.2) is 12.5 Å². The van der Waals surface area contributed by atoms with E-state index in [4.69, 9.17) is 10.5 Å². The molecule has 0 aliphatic carbocycles. The first kappa shape index (κ1) is 15.1. The monoisotopic (exact) mass is 284 g/mol. The maximum absolute atomic E-state index is 11.8. The minimum absolute atomic E-state index is 0.0549. The van der Waals surface area contributed by atoms with Gasteiger partial charge in [-0.2, -0.15) is 0 Å². The van der Waals surface area contributed by atoms with Crippen molar-refractivity contribution in [2.75, 3.05) is 11.9 Å². The van der Waals surface area contributed by atoms with E-state index in [0.29, 0.717) is 30.8 Å². The second-order valence-corrected chi connectivity index (χ2v) is 4.86. The van der Waals surface area contributed by atoms with Crippen LogP contribution >= 0.6 is 0 Å². The van der Waals surface area contributed by atoms with Crippen LogP contribution in [0.15, 0.2) is 48.5 Å². The first-order chi connectivity index (χ1) is 10.2. The summed E-state index contributed by atoms with van der Waals surface area (Å²) >= 11 is 0. The van der Waals surface area contributed by atoms with Crippen molar-refractivity contribution in [1.29, 1.82) is 0 Å². The number of rotatable bonds is 6. The largest absolute Gasteiger partial charge is 0.455 e. The second kappa shape index (κ2) is 7.45.